The van der Waals surface area contributed by atoms with Crippen LogP contribution in [0.15, 0.2) is 41.4 Å². The van der Waals surface area contributed by atoms with E-state index >= 15 is 0 Å². The van der Waals surface area contributed by atoms with Gasteiger partial charge in [0.25, 0.3) is 0 Å². The molecule has 0 unspecified atom stereocenters. The third-order valence-corrected chi connectivity index (χ3v) is 2.59. The van der Waals surface area contributed by atoms with E-state index in [9.17, 15) is 8.42 Å². The summed E-state index contributed by atoms with van der Waals surface area (Å²) in [7, 11) is -4.21. The van der Waals surface area contributed by atoms with E-state index < -0.39 is 10.1 Å². The molecule has 0 spiro atoms. The summed E-state index contributed by atoms with van der Waals surface area (Å²) in [5.41, 5.74) is 0.544. The molecule has 1 radical (unpaired) electrons. The van der Waals surface area contributed by atoms with Gasteiger partial charge in [0.05, 0.1) is 5.52 Å². The van der Waals surface area contributed by atoms with Crippen LogP contribution in [0.3, 0.4) is 0 Å². The van der Waals surface area contributed by atoms with E-state index in [1.165, 1.54) is 6.07 Å². The first-order valence-corrected chi connectivity index (χ1v) is 5.35. The van der Waals surface area contributed by atoms with Gasteiger partial charge in [0.1, 0.15) is 0 Å². The largest absolute Gasteiger partial charge is 0.312 e. The summed E-state index contributed by atoms with van der Waals surface area (Å²) in [6.07, 6.45) is 0. The maximum absolute atomic E-state index is 10.8. The Labute approximate surface area is 100 Å². The van der Waals surface area contributed by atoms with Crippen molar-refractivity contribution in [2.75, 3.05) is 0 Å². The fourth-order valence-electron chi connectivity index (χ4n) is 1.19. The molecule has 1 N–H and O–H groups in total. The number of aromatic nitrogens is 1. The van der Waals surface area contributed by atoms with Gasteiger partial charge in [-0.25, -0.2) is 4.98 Å². The second-order valence-corrected chi connectivity index (χ2v) is 4.19. The molecule has 0 atom stereocenters. The fraction of sp³-hybridized carbons (Fsp3) is 0. The average molecular weight is 401 g/mol. The van der Waals surface area contributed by atoms with Crippen molar-refractivity contribution in [3.05, 3.63) is 36.4 Å². The normalized spacial score (nSPS) is 11.0. The Morgan fingerprint density at radius 3 is 2.40 bits per heavy atom. The molecular formula is C9H7IrNO3S. The molecule has 0 aliphatic carbocycles. The summed E-state index contributed by atoms with van der Waals surface area (Å²) in [6, 6.07) is 9.96. The summed E-state index contributed by atoms with van der Waals surface area (Å²) in [5, 5.41) is 0.510. The first-order valence-electron chi connectivity index (χ1n) is 3.91. The van der Waals surface area contributed by atoms with Crippen LogP contribution in [0.1, 0.15) is 0 Å². The second kappa shape index (κ2) is 4.36. The summed E-state index contributed by atoms with van der Waals surface area (Å²) < 4.78 is 30.3. The maximum atomic E-state index is 10.8. The van der Waals surface area contributed by atoms with Crippen LogP contribution in [0.2, 0.25) is 0 Å². The minimum absolute atomic E-state index is 0. The van der Waals surface area contributed by atoms with Gasteiger partial charge in [-0.2, -0.15) is 8.42 Å². The van der Waals surface area contributed by atoms with Crippen molar-refractivity contribution in [3.8, 4) is 0 Å². The zero-order valence-corrected chi connectivity index (χ0v) is 10.6. The number of benzene rings is 1. The van der Waals surface area contributed by atoms with Crippen molar-refractivity contribution in [1.29, 1.82) is 0 Å². The van der Waals surface area contributed by atoms with E-state index in [2.05, 4.69) is 4.98 Å². The van der Waals surface area contributed by atoms with Gasteiger partial charge in [-0.3, -0.25) is 4.55 Å². The van der Waals surface area contributed by atoms with E-state index in [1.807, 2.05) is 12.1 Å². The molecule has 1 heterocycles. The van der Waals surface area contributed by atoms with Gasteiger partial charge in [-0.1, -0.05) is 18.2 Å². The van der Waals surface area contributed by atoms with Gasteiger partial charge in [-0.15, -0.1) is 0 Å². The van der Waals surface area contributed by atoms with E-state index in [0.717, 1.165) is 5.39 Å². The maximum Gasteiger partial charge on any atom is 0.312 e. The van der Waals surface area contributed by atoms with Crippen LogP contribution in [0, 0.1) is 0 Å². The van der Waals surface area contributed by atoms with Crippen molar-refractivity contribution in [2.24, 2.45) is 0 Å². The molecule has 0 aliphatic rings. The number of para-hydroxylation sites is 1. The molecule has 0 amide bonds. The Morgan fingerprint density at radius 1 is 1.07 bits per heavy atom. The van der Waals surface area contributed by atoms with Crippen molar-refractivity contribution in [3.63, 3.8) is 0 Å². The molecule has 0 fully saturated rings. The topological polar surface area (TPSA) is 67.3 Å². The third-order valence-electron chi connectivity index (χ3n) is 1.84. The van der Waals surface area contributed by atoms with E-state index in [0.29, 0.717) is 5.52 Å². The number of fused-ring (bicyclic) bond motifs is 1. The van der Waals surface area contributed by atoms with Crippen molar-refractivity contribution >= 4 is 21.0 Å². The molecule has 0 saturated heterocycles. The first-order chi connectivity index (χ1) is 6.57. The van der Waals surface area contributed by atoms with Gasteiger partial charge < -0.3 is 0 Å². The Morgan fingerprint density at radius 2 is 1.73 bits per heavy atom. The quantitative estimate of drug-likeness (QED) is 0.735. The number of hydrogen-bond donors (Lipinski definition) is 1. The molecule has 81 valence electrons. The minimum atomic E-state index is -4.21. The number of hydrogen-bond acceptors (Lipinski definition) is 3. The number of nitrogens with zero attached hydrogens (tertiary/aromatic N) is 1. The zero-order chi connectivity index (χ0) is 10.2. The van der Waals surface area contributed by atoms with Crippen LogP contribution in [0.25, 0.3) is 10.9 Å². The molecule has 1 aromatic carbocycles. The molecule has 4 nitrogen and oxygen atoms in total. The van der Waals surface area contributed by atoms with Gasteiger partial charge >= 0.3 is 10.1 Å². The Bertz CT molecular complexity index is 583. The predicted molar refractivity (Wildman–Crippen MR) is 51.6 cm³/mol. The molecule has 0 saturated carbocycles. The summed E-state index contributed by atoms with van der Waals surface area (Å²) in [4.78, 5) is 3.81. The van der Waals surface area contributed by atoms with Crippen LogP contribution < -0.4 is 0 Å². The van der Waals surface area contributed by atoms with Crippen LogP contribution in [-0.4, -0.2) is 18.0 Å². The third kappa shape index (κ3) is 2.60. The fourth-order valence-corrected chi connectivity index (χ4v) is 1.64. The Balaban J connectivity index is 0.00000112. The van der Waals surface area contributed by atoms with Crippen LogP contribution in [0.5, 0.6) is 0 Å². The smallest absolute Gasteiger partial charge is 0.281 e. The first kappa shape index (κ1) is 12.3. The van der Waals surface area contributed by atoms with E-state index in [-0.39, 0.29) is 25.1 Å². The van der Waals surface area contributed by atoms with Gasteiger partial charge in [0.15, 0.2) is 5.03 Å². The van der Waals surface area contributed by atoms with Crippen molar-refractivity contribution < 1.29 is 33.1 Å². The van der Waals surface area contributed by atoms with Crippen LogP contribution in [0.4, 0.5) is 0 Å². The summed E-state index contributed by atoms with van der Waals surface area (Å²) in [5.74, 6) is 0. The monoisotopic (exact) mass is 402 g/mol. The molecule has 15 heavy (non-hydrogen) atoms. The predicted octanol–water partition coefficient (Wildman–Crippen LogP) is 1.48. The number of rotatable bonds is 1. The summed E-state index contributed by atoms with van der Waals surface area (Å²) >= 11 is 0. The van der Waals surface area contributed by atoms with Crippen molar-refractivity contribution in [2.45, 2.75) is 5.03 Å². The van der Waals surface area contributed by atoms with Gasteiger partial charge in [0, 0.05) is 25.5 Å². The van der Waals surface area contributed by atoms with Crippen LogP contribution >= 0.6 is 0 Å². The molecule has 1 aromatic heterocycles. The van der Waals surface area contributed by atoms with E-state index in [4.69, 9.17) is 4.55 Å². The molecule has 0 bridgehead atoms. The standard InChI is InChI=1S/C9H7NO3S.Ir/c11-14(12,13)9-6-5-7-3-1-2-4-8(7)10-9;/h1-6H,(H,11,12,13);. The molecule has 2 rings (SSSR count). The molecule has 0 aliphatic heterocycles. The Hall–Kier alpha value is -0.811. The minimum Gasteiger partial charge on any atom is -0.281 e. The van der Waals surface area contributed by atoms with Crippen LogP contribution in [-0.2, 0) is 30.2 Å². The zero-order valence-electron chi connectivity index (χ0n) is 7.42. The average Bonchev–Trinajstić information content (AvgIpc) is 2.16. The van der Waals surface area contributed by atoms with E-state index in [1.54, 1.807) is 18.2 Å². The summed E-state index contributed by atoms with van der Waals surface area (Å²) in [6.45, 7) is 0. The number of pyridine rings is 1. The Kier molecular flexibility index (Phi) is 3.57. The SMILES string of the molecule is O=S(=O)(O)c1ccc2ccccc2n1.[Ir]. The van der Waals surface area contributed by atoms with Crippen molar-refractivity contribution in [1.82, 2.24) is 4.98 Å². The molecular weight excluding hydrogens is 394 g/mol. The second-order valence-electron chi connectivity index (χ2n) is 2.82. The van der Waals surface area contributed by atoms with Gasteiger partial charge in [0.2, 0.25) is 0 Å². The molecule has 2 aromatic rings. The van der Waals surface area contributed by atoms with Gasteiger partial charge in [-0.05, 0) is 18.2 Å². The molecule has 6 heteroatoms.